The summed E-state index contributed by atoms with van der Waals surface area (Å²) in [7, 11) is 0. The molecule has 0 unspecified atom stereocenters. The minimum absolute atomic E-state index is 0.115. The first kappa shape index (κ1) is 18.5. The van der Waals surface area contributed by atoms with E-state index < -0.39 is 18.3 Å². The van der Waals surface area contributed by atoms with Gasteiger partial charge in [-0.1, -0.05) is 12.1 Å². The maximum atomic E-state index is 12.7. The first-order valence-electron chi connectivity index (χ1n) is 7.57. The summed E-state index contributed by atoms with van der Waals surface area (Å²) in [6.07, 6.45) is -4.66. The molecule has 1 atom stereocenters. The second-order valence-electron chi connectivity index (χ2n) is 6.08. The highest BCUT2D eigenvalue weighted by Gasteiger charge is 2.44. The molecule has 1 aliphatic carbocycles. The van der Waals surface area contributed by atoms with Crippen molar-refractivity contribution in [3.8, 4) is 5.75 Å². The highest BCUT2D eigenvalue weighted by Crippen LogP contribution is 2.44. The molecule has 0 aliphatic heterocycles. The van der Waals surface area contributed by atoms with Gasteiger partial charge in [0.2, 0.25) is 11.8 Å². The molecule has 1 aromatic carbocycles. The Kier molecular flexibility index (Phi) is 5.35. The number of alkyl halides is 5. The zero-order chi connectivity index (χ0) is 18.0. The third kappa shape index (κ3) is 5.65. The molecule has 0 heterocycles. The summed E-state index contributed by atoms with van der Waals surface area (Å²) in [4.78, 5) is 11.8. The number of ether oxygens (including phenoxy) is 1. The van der Waals surface area contributed by atoms with E-state index in [4.69, 9.17) is 0 Å². The van der Waals surface area contributed by atoms with Crippen molar-refractivity contribution in [2.75, 3.05) is 0 Å². The highest BCUT2D eigenvalue weighted by molar-refractivity contribution is 5.76. The molecule has 0 aromatic heterocycles. The van der Waals surface area contributed by atoms with E-state index in [0.29, 0.717) is 12.0 Å². The van der Waals surface area contributed by atoms with Crippen LogP contribution in [-0.2, 0) is 4.79 Å². The van der Waals surface area contributed by atoms with Crippen LogP contribution < -0.4 is 10.1 Å². The third-order valence-electron chi connectivity index (χ3n) is 3.92. The monoisotopic (exact) mass is 351 g/mol. The van der Waals surface area contributed by atoms with Gasteiger partial charge in [-0.15, -0.1) is 13.2 Å². The van der Waals surface area contributed by atoms with Gasteiger partial charge < -0.3 is 10.1 Å². The highest BCUT2D eigenvalue weighted by atomic mass is 19.4. The summed E-state index contributed by atoms with van der Waals surface area (Å²) in [5, 5.41) is 2.65. The summed E-state index contributed by atoms with van der Waals surface area (Å²) in [6, 6.07) is 4.82. The minimum atomic E-state index is -4.78. The number of halogens is 5. The number of nitrogens with one attached hydrogen (secondary N) is 1. The zero-order valence-electron chi connectivity index (χ0n) is 13.0. The molecule has 1 aromatic rings. The van der Waals surface area contributed by atoms with Gasteiger partial charge in [0.05, 0.1) is 6.04 Å². The molecule has 1 saturated carbocycles. The first-order valence-corrected chi connectivity index (χ1v) is 7.57. The van der Waals surface area contributed by atoms with Gasteiger partial charge in [-0.25, -0.2) is 8.78 Å². The SMILES string of the molecule is C[C@H](NC(=O)CCC1CC(F)(F)C1)c1cccc(OC(F)(F)F)c1. The Morgan fingerprint density at radius 2 is 2.04 bits per heavy atom. The quantitative estimate of drug-likeness (QED) is 0.762. The lowest BCUT2D eigenvalue weighted by Gasteiger charge is -2.34. The Bertz CT molecular complexity index is 580. The van der Waals surface area contributed by atoms with Gasteiger partial charge in [0.15, 0.2) is 0 Å². The fourth-order valence-electron chi connectivity index (χ4n) is 2.70. The van der Waals surface area contributed by atoms with Crippen molar-refractivity contribution < 1.29 is 31.5 Å². The predicted octanol–water partition coefficient (Wildman–Crippen LogP) is 4.59. The van der Waals surface area contributed by atoms with Crippen LogP contribution in [0.5, 0.6) is 5.75 Å². The Balaban J connectivity index is 1.82. The van der Waals surface area contributed by atoms with Crippen molar-refractivity contribution >= 4 is 5.91 Å². The predicted molar refractivity (Wildman–Crippen MR) is 76.6 cm³/mol. The molecular formula is C16H18F5NO2. The lowest BCUT2D eigenvalue weighted by molar-refractivity contribution is -0.274. The minimum Gasteiger partial charge on any atom is -0.406 e. The number of benzene rings is 1. The smallest absolute Gasteiger partial charge is 0.406 e. The summed E-state index contributed by atoms with van der Waals surface area (Å²) in [6.45, 7) is 1.63. The summed E-state index contributed by atoms with van der Waals surface area (Å²) in [5.74, 6) is -3.44. The van der Waals surface area contributed by atoms with Crippen LogP contribution in [0.1, 0.15) is 44.2 Å². The van der Waals surface area contributed by atoms with Gasteiger partial charge >= 0.3 is 6.36 Å². The van der Waals surface area contributed by atoms with Gasteiger partial charge in [0, 0.05) is 19.3 Å². The van der Waals surface area contributed by atoms with Gasteiger partial charge in [-0.3, -0.25) is 4.79 Å². The molecule has 0 spiro atoms. The van der Waals surface area contributed by atoms with Crippen LogP contribution in [0.2, 0.25) is 0 Å². The number of amides is 1. The van der Waals surface area contributed by atoms with Crippen LogP contribution in [0.3, 0.4) is 0 Å². The molecule has 0 radical (unpaired) electrons. The van der Waals surface area contributed by atoms with Crippen LogP contribution in [-0.4, -0.2) is 18.2 Å². The van der Waals surface area contributed by atoms with E-state index in [1.807, 2.05) is 0 Å². The maximum absolute atomic E-state index is 12.7. The lowest BCUT2D eigenvalue weighted by Crippen LogP contribution is -2.36. The summed E-state index contributed by atoms with van der Waals surface area (Å²) in [5.41, 5.74) is 0.459. The standard InChI is InChI=1S/C16H18F5NO2/c1-10(12-3-2-4-13(7-12)24-16(19,20)21)22-14(23)6-5-11-8-15(17,18)9-11/h2-4,7,10-11H,5-6,8-9H2,1H3,(H,22,23)/t10-/m0/s1. The van der Waals surface area contributed by atoms with E-state index in [2.05, 4.69) is 10.1 Å². The van der Waals surface area contributed by atoms with E-state index in [9.17, 15) is 26.7 Å². The largest absolute Gasteiger partial charge is 0.573 e. The van der Waals surface area contributed by atoms with E-state index in [1.54, 1.807) is 13.0 Å². The maximum Gasteiger partial charge on any atom is 0.573 e. The first-order chi connectivity index (χ1) is 11.0. The van der Waals surface area contributed by atoms with Gasteiger partial charge in [-0.05, 0) is 37.0 Å². The normalized spacial score (nSPS) is 18.6. The number of carbonyl (C=O) groups is 1. The Morgan fingerprint density at radius 1 is 1.38 bits per heavy atom. The number of carbonyl (C=O) groups excluding carboxylic acids is 1. The molecule has 2 rings (SSSR count). The van der Waals surface area contributed by atoms with Gasteiger partial charge in [-0.2, -0.15) is 0 Å². The Morgan fingerprint density at radius 3 is 2.62 bits per heavy atom. The van der Waals surface area contributed by atoms with Crippen LogP contribution in [0.25, 0.3) is 0 Å². The van der Waals surface area contributed by atoms with E-state index in [0.717, 1.165) is 0 Å². The fraction of sp³-hybridized carbons (Fsp3) is 0.562. The van der Waals surface area contributed by atoms with Crippen molar-refractivity contribution in [2.45, 2.75) is 50.9 Å². The summed E-state index contributed by atoms with van der Waals surface area (Å²) >= 11 is 0. The number of rotatable bonds is 6. The van der Waals surface area contributed by atoms with Gasteiger partial charge in [0.1, 0.15) is 5.75 Å². The molecule has 8 heteroatoms. The second-order valence-corrected chi connectivity index (χ2v) is 6.08. The van der Waals surface area contributed by atoms with Crippen LogP contribution in [0.4, 0.5) is 22.0 Å². The van der Waals surface area contributed by atoms with Crippen LogP contribution >= 0.6 is 0 Å². The lowest BCUT2D eigenvalue weighted by atomic mass is 9.78. The molecule has 1 aliphatic rings. The number of hydrogen-bond acceptors (Lipinski definition) is 2. The zero-order valence-corrected chi connectivity index (χ0v) is 13.0. The molecule has 0 saturated heterocycles. The third-order valence-corrected chi connectivity index (χ3v) is 3.92. The molecule has 134 valence electrons. The van der Waals surface area contributed by atoms with Gasteiger partial charge in [0.25, 0.3) is 0 Å². The molecule has 1 amide bonds. The molecule has 24 heavy (non-hydrogen) atoms. The van der Waals surface area contributed by atoms with Crippen molar-refractivity contribution in [1.29, 1.82) is 0 Å². The average Bonchev–Trinajstić information content (AvgIpc) is 2.41. The topological polar surface area (TPSA) is 38.3 Å². The Hall–Kier alpha value is -1.86. The molecule has 0 bridgehead atoms. The van der Waals surface area contributed by atoms with E-state index in [1.165, 1.54) is 18.2 Å². The van der Waals surface area contributed by atoms with Crippen molar-refractivity contribution in [2.24, 2.45) is 5.92 Å². The Labute approximate surface area is 136 Å². The average molecular weight is 351 g/mol. The molecule has 1 fully saturated rings. The molecular weight excluding hydrogens is 333 g/mol. The van der Waals surface area contributed by atoms with Crippen molar-refractivity contribution in [3.05, 3.63) is 29.8 Å². The number of hydrogen-bond donors (Lipinski definition) is 1. The van der Waals surface area contributed by atoms with Crippen molar-refractivity contribution in [1.82, 2.24) is 5.32 Å². The fourth-order valence-corrected chi connectivity index (χ4v) is 2.70. The van der Waals surface area contributed by atoms with Crippen LogP contribution in [0, 0.1) is 5.92 Å². The summed E-state index contributed by atoms with van der Waals surface area (Å²) < 4.78 is 65.9. The second kappa shape index (κ2) is 6.94. The molecule has 1 N–H and O–H groups in total. The van der Waals surface area contributed by atoms with E-state index >= 15 is 0 Å². The van der Waals surface area contributed by atoms with Crippen LogP contribution in [0.15, 0.2) is 24.3 Å². The van der Waals surface area contributed by atoms with Crippen molar-refractivity contribution in [3.63, 3.8) is 0 Å². The van der Waals surface area contributed by atoms with E-state index in [-0.39, 0.29) is 36.8 Å². The molecule has 3 nitrogen and oxygen atoms in total.